The molecule has 0 heterocycles. The number of rotatable bonds is 6. The molecule has 1 aromatic carbocycles. The number of carbonyl (C=O) groups excluding carboxylic acids is 1. The number of benzene rings is 1. The third kappa shape index (κ3) is 7.06. The van der Waals surface area contributed by atoms with E-state index in [1.165, 1.54) is 0 Å². The zero-order valence-corrected chi connectivity index (χ0v) is 12.1. The Balaban J connectivity index is 2.29. The van der Waals surface area contributed by atoms with Crippen LogP contribution in [-0.2, 0) is 4.74 Å². The van der Waals surface area contributed by atoms with Gasteiger partial charge < -0.3 is 15.4 Å². The largest absolute Gasteiger partial charge is 0.375 e. The molecule has 0 unspecified atom stereocenters. The monoisotopic (exact) mass is 302 g/mol. The van der Waals surface area contributed by atoms with Crippen molar-refractivity contribution in [3.63, 3.8) is 0 Å². The van der Waals surface area contributed by atoms with Gasteiger partial charge in [-0.2, -0.15) is 0 Å². The smallest absolute Gasteiger partial charge is 0.319 e. The van der Waals surface area contributed by atoms with Crippen molar-refractivity contribution < 1.29 is 9.53 Å². The minimum Gasteiger partial charge on any atom is -0.375 e. The summed E-state index contributed by atoms with van der Waals surface area (Å²) in [6.07, 6.45) is 0. The maximum Gasteiger partial charge on any atom is 0.319 e. The summed E-state index contributed by atoms with van der Waals surface area (Å²) in [7, 11) is 0. The topological polar surface area (TPSA) is 50.4 Å². The van der Waals surface area contributed by atoms with E-state index in [1.54, 1.807) is 18.2 Å². The van der Waals surface area contributed by atoms with Crippen LogP contribution in [0.3, 0.4) is 0 Å². The number of amides is 2. The second kappa shape index (κ2) is 8.04. The zero-order chi connectivity index (χ0) is 14.3. The number of carbonyl (C=O) groups is 1. The maximum atomic E-state index is 11.6. The van der Waals surface area contributed by atoms with E-state index in [-0.39, 0.29) is 6.03 Å². The molecule has 0 saturated carbocycles. The van der Waals surface area contributed by atoms with Crippen molar-refractivity contribution in [2.45, 2.75) is 6.92 Å². The molecule has 1 rings (SSSR count). The van der Waals surface area contributed by atoms with Crippen LogP contribution in [0.25, 0.3) is 0 Å². The summed E-state index contributed by atoms with van der Waals surface area (Å²) >= 11 is 11.6. The van der Waals surface area contributed by atoms with Crippen LogP contribution in [0.2, 0.25) is 10.0 Å². The third-order valence-electron chi connectivity index (χ3n) is 2.00. The molecule has 6 heteroatoms. The fourth-order valence-corrected chi connectivity index (χ4v) is 1.81. The Kier molecular flexibility index (Phi) is 6.70. The molecule has 1 aromatic rings. The Morgan fingerprint density at radius 2 is 1.95 bits per heavy atom. The first-order valence-corrected chi connectivity index (χ1v) is 6.46. The fourth-order valence-electron chi connectivity index (χ4n) is 1.28. The molecule has 2 N–H and O–H groups in total. The highest BCUT2D eigenvalue weighted by Crippen LogP contribution is 2.22. The molecule has 0 bridgehead atoms. The van der Waals surface area contributed by atoms with Crippen LogP contribution in [0.4, 0.5) is 10.5 Å². The van der Waals surface area contributed by atoms with E-state index >= 15 is 0 Å². The minimum absolute atomic E-state index is 0.336. The van der Waals surface area contributed by atoms with E-state index in [2.05, 4.69) is 17.2 Å². The van der Waals surface area contributed by atoms with Gasteiger partial charge in [0.1, 0.15) is 0 Å². The molecular formula is C13H16Cl2N2O2. The molecule has 0 fully saturated rings. The first-order valence-electron chi connectivity index (χ1n) is 5.70. The molecule has 0 radical (unpaired) electrons. The average molecular weight is 303 g/mol. The summed E-state index contributed by atoms with van der Waals surface area (Å²) in [5.74, 6) is 0. The van der Waals surface area contributed by atoms with Crippen molar-refractivity contribution in [3.05, 3.63) is 40.4 Å². The van der Waals surface area contributed by atoms with Gasteiger partial charge in [0, 0.05) is 22.3 Å². The lowest BCUT2D eigenvalue weighted by molar-refractivity contribution is 0.159. The van der Waals surface area contributed by atoms with E-state index in [1.807, 2.05) is 6.92 Å². The highest BCUT2D eigenvalue weighted by Gasteiger charge is 2.03. The predicted octanol–water partition coefficient (Wildman–Crippen LogP) is 3.71. The van der Waals surface area contributed by atoms with Gasteiger partial charge in [-0.25, -0.2) is 4.79 Å². The van der Waals surface area contributed by atoms with Gasteiger partial charge in [0.25, 0.3) is 0 Å². The van der Waals surface area contributed by atoms with Gasteiger partial charge in [-0.1, -0.05) is 35.4 Å². The summed E-state index contributed by atoms with van der Waals surface area (Å²) in [5.41, 5.74) is 1.48. The first kappa shape index (κ1) is 15.8. The van der Waals surface area contributed by atoms with Gasteiger partial charge in [-0.05, 0) is 25.1 Å². The second-order valence-electron chi connectivity index (χ2n) is 4.05. The van der Waals surface area contributed by atoms with Gasteiger partial charge in [0.15, 0.2) is 0 Å². The molecule has 104 valence electrons. The fraction of sp³-hybridized carbons (Fsp3) is 0.308. The Hall–Kier alpha value is -1.23. The summed E-state index contributed by atoms with van der Waals surface area (Å²) in [4.78, 5) is 11.6. The van der Waals surface area contributed by atoms with Crippen molar-refractivity contribution in [2.24, 2.45) is 0 Å². The van der Waals surface area contributed by atoms with Crippen molar-refractivity contribution in [1.82, 2.24) is 5.32 Å². The van der Waals surface area contributed by atoms with Crippen LogP contribution in [0.15, 0.2) is 30.4 Å². The van der Waals surface area contributed by atoms with Crippen molar-refractivity contribution >= 4 is 34.9 Å². The summed E-state index contributed by atoms with van der Waals surface area (Å²) in [6, 6.07) is 4.49. The zero-order valence-electron chi connectivity index (χ0n) is 10.6. The summed E-state index contributed by atoms with van der Waals surface area (Å²) in [6.45, 7) is 6.92. The van der Waals surface area contributed by atoms with Gasteiger partial charge in [-0.15, -0.1) is 0 Å². The lowest BCUT2D eigenvalue weighted by Crippen LogP contribution is -2.31. The first-order chi connectivity index (χ1) is 8.97. The Bertz CT molecular complexity index is 444. The molecule has 4 nitrogen and oxygen atoms in total. The lowest BCUT2D eigenvalue weighted by Gasteiger charge is -2.09. The van der Waals surface area contributed by atoms with E-state index in [4.69, 9.17) is 27.9 Å². The summed E-state index contributed by atoms with van der Waals surface area (Å²) < 4.78 is 5.25. The molecule has 0 aliphatic heterocycles. The molecule has 0 aromatic heterocycles. The quantitative estimate of drug-likeness (QED) is 0.622. The second-order valence-corrected chi connectivity index (χ2v) is 4.92. The number of hydrogen-bond donors (Lipinski definition) is 2. The molecule has 0 spiro atoms. The molecule has 0 aliphatic rings. The number of anilines is 1. The SMILES string of the molecule is C=C(C)COCCNC(=O)Nc1cc(Cl)cc(Cl)c1. The van der Waals surface area contributed by atoms with Crippen LogP contribution in [0.1, 0.15) is 6.92 Å². The molecular weight excluding hydrogens is 287 g/mol. The Morgan fingerprint density at radius 3 is 2.53 bits per heavy atom. The number of nitrogens with one attached hydrogen (secondary N) is 2. The van der Waals surface area contributed by atoms with Crippen LogP contribution < -0.4 is 10.6 Å². The standard InChI is InChI=1S/C13H16Cl2N2O2/c1-9(2)8-19-4-3-16-13(18)17-12-6-10(14)5-11(15)7-12/h5-7H,1,3-4,8H2,2H3,(H2,16,17,18). The van der Waals surface area contributed by atoms with Crippen LogP contribution in [-0.4, -0.2) is 25.8 Å². The highest BCUT2D eigenvalue weighted by atomic mass is 35.5. The Labute approximate surface area is 122 Å². The Morgan fingerprint density at radius 1 is 1.32 bits per heavy atom. The molecule has 0 saturated heterocycles. The molecule has 2 amide bonds. The predicted molar refractivity (Wildman–Crippen MR) is 79.1 cm³/mol. The molecule has 0 atom stereocenters. The van der Waals surface area contributed by atoms with Gasteiger partial charge in [0.2, 0.25) is 0 Å². The van der Waals surface area contributed by atoms with Crippen molar-refractivity contribution in [2.75, 3.05) is 25.1 Å². The van der Waals surface area contributed by atoms with Crippen LogP contribution >= 0.6 is 23.2 Å². The normalized spacial score (nSPS) is 10.1. The van der Waals surface area contributed by atoms with E-state index in [0.29, 0.717) is 35.5 Å². The maximum absolute atomic E-state index is 11.6. The molecule has 0 aliphatic carbocycles. The van der Waals surface area contributed by atoms with Crippen molar-refractivity contribution in [1.29, 1.82) is 0 Å². The highest BCUT2D eigenvalue weighted by molar-refractivity contribution is 6.35. The van der Waals surface area contributed by atoms with E-state index in [0.717, 1.165) is 5.57 Å². The van der Waals surface area contributed by atoms with Crippen LogP contribution in [0.5, 0.6) is 0 Å². The minimum atomic E-state index is -0.336. The van der Waals surface area contributed by atoms with Crippen molar-refractivity contribution in [3.8, 4) is 0 Å². The van der Waals surface area contributed by atoms with Crippen LogP contribution in [0, 0.1) is 0 Å². The van der Waals surface area contributed by atoms with E-state index in [9.17, 15) is 4.79 Å². The van der Waals surface area contributed by atoms with Gasteiger partial charge >= 0.3 is 6.03 Å². The number of hydrogen-bond acceptors (Lipinski definition) is 2. The van der Waals surface area contributed by atoms with E-state index < -0.39 is 0 Å². The molecule has 19 heavy (non-hydrogen) atoms. The third-order valence-corrected chi connectivity index (χ3v) is 2.44. The number of halogens is 2. The lowest BCUT2D eigenvalue weighted by atomic mass is 10.3. The number of urea groups is 1. The van der Waals surface area contributed by atoms with Gasteiger partial charge in [0.05, 0.1) is 13.2 Å². The number of ether oxygens (including phenoxy) is 1. The average Bonchev–Trinajstić information content (AvgIpc) is 2.26. The van der Waals surface area contributed by atoms with Gasteiger partial charge in [-0.3, -0.25) is 0 Å². The summed E-state index contributed by atoms with van der Waals surface area (Å²) in [5, 5.41) is 6.21.